The Hall–Kier alpha value is -0.840. The normalized spacial score (nSPS) is 13.4. The molecule has 0 saturated carbocycles. The van der Waals surface area contributed by atoms with Crippen molar-refractivity contribution in [2.24, 2.45) is 0 Å². The fourth-order valence-corrected chi connectivity index (χ4v) is 3.85. The van der Waals surface area contributed by atoms with Gasteiger partial charge in [0.15, 0.2) is 0 Å². The number of nitrogens with zero attached hydrogens (tertiary/aromatic N) is 1. The Morgan fingerprint density at radius 1 is 0.909 bits per heavy atom. The number of hydrogen-bond donors (Lipinski definition) is 7. The third-order valence-corrected chi connectivity index (χ3v) is 6.51. The molecule has 0 aliphatic rings. The van der Waals surface area contributed by atoms with Crippen molar-refractivity contribution in [1.29, 1.82) is 0 Å². The van der Waals surface area contributed by atoms with Crippen molar-refractivity contribution in [3.05, 3.63) is 0 Å². The van der Waals surface area contributed by atoms with Crippen molar-refractivity contribution in [3.8, 4) is 0 Å². The number of carboxylic acid groups (broad SMARTS) is 2. The van der Waals surface area contributed by atoms with Crippen LogP contribution in [0.15, 0.2) is 0 Å². The summed E-state index contributed by atoms with van der Waals surface area (Å²) < 4.78 is 22.2. The van der Waals surface area contributed by atoms with Gasteiger partial charge in [0.05, 0.1) is 13.1 Å². The number of hydrogen-bond acceptors (Lipinski definition) is 6. The van der Waals surface area contributed by atoms with Gasteiger partial charge in [-0.3, -0.25) is 23.6 Å². The van der Waals surface area contributed by atoms with Crippen LogP contribution < -0.4 is 0 Å². The predicted molar refractivity (Wildman–Crippen MR) is 70.0 cm³/mol. The van der Waals surface area contributed by atoms with E-state index < -0.39 is 58.1 Å². The second-order valence-electron chi connectivity index (χ2n) is 4.46. The largest absolute Gasteiger partial charge is 0.480 e. The van der Waals surface area contributed by atoms with Gasteiger partial charge in [-0.1, -0.05) is 0 Å². The molecule has 0 spiro atoms. The zero-order chi connectivity index (χ0) is 17.8. The Labute approximate surface area is 124 Å². The van der Waals surface area contributed by atoms with E-state index in [1.165, 1.54) is 0 Å². The average molecular weight is 365 g/mol. The van der Waals surface area contributed by atoms with Crippen molar-refractivity contribution in [2.45, 2.75) is 17.9 Å². The average Bonchev–Trinajstić information content (AvgIpc) is 2.23. The lowest BCUT2D eigenvalue weighted by atomic mass is 10.3. The molecule has 7 N–H and O–H groups in total. The second-order valence-corrected chi connectivity index (χ2v) is 8.47. The lowest BCUT2D eigenvalue weighted by Gasteiger charge is -2.29. The van der Waals surface area contributed by atoms with E-state index >= 15 is 0 Å². The standard InChI is InChI=1S/C8H17NO11P2/c10-6(11)4-9(5-7(12)13)3-1-2-8(14,21(15,16)17)22(18,19)20/h14H,1-5H2,(H,10,11)(H,12,13)(H2,15,16,17)(H2,18,19,20). The summed E-state index contributed by atoms with van der Waals surface area (Å²) in [5, 5.41) is 23.1. The molecule has 0 aliphatic carbocycles. The fraction of sp³-hybridized carbons (Fsp3) is 0.750. The number of carboxylic acids is 2. The molecule has 0 saturated heterocycles. The van der Waals surface area contributed by atoms with Gasteiger partial charge in [-0.05, 0) is 13.0 Å². The molecule has 0 bridgehead atoms. The number of rotatable bonds is 10. The Kier molecular flexibility index (Phi) is 7.33. The van der Waals surface area contributed by atoms with Crippen LogP contribution in [0.25, 0.3) is 0 Å². The van der Waals surface area contributed by atoms with E-state index in [9.17, 15) is 23.8 Å². The summed E-state index contributed by atoms with van der Waals surface area (Å²) in [4.78, 5) is 57.5. The first-order valence-electron chi connectivity index (χ1n) is 5.70. The summed E-state index contributed by atoms with van der Waals surface area (Å²) in [6.07, 6.45) is -1.50. The summed E-state index contributed by atoms with van der Waals surface area (Å²) in [7, 11) is -11.2. The molecule has 0 amide bonds. The molecule has 0 aromatic rings. The molecule has 0 aromatic carbocycles. The van der Waals surface area contributed by atoms with Gasteiger partial charge in [-0.15, -0.1) is 0 Å². The molecular formula is C8H17NO11P2. The molecule has 0 atom stereocenters. The highest BCUT2D eigenvalue weighted by Gasteiger charge is 2.58. The molecule has 0 unspecified atom stereocenters. The minimum atomic E-state index is -5.58. The summed E-state index contributed by atoms with van der Waals surface area (Å²) in [5.74, 6) is -2.72. The minimum Gasteiger partial charge on any atom is -0.480 e. The van der Waals surface area contributed by atoms with E-state index in [0.29, 0.717) is 0 Å². The van der Waals surface area contributed by atoms with Crippen LogP contribution in [0.1, 0.15) is 12.8 Å². The highest BCUT2D eigenvalue weighted by Crippen LogP contribution is 2.69. The predicted octanol–water partition coefficient (Wildman–Crippen LogP) is -1.76. The van der Waals surface area contributed by atoms with Gasteiger partial charge in [0.1, 0.15) is 0 Å². The topological polar surface area (TPSA) is 213 Å². The SMILES string of the molecule is O=C(O)CN(CCCC(O)(P(=O)(O)O)P(=O)(O)O)CC(=O)O. The van der Waals surface area contributed by atoms with Crippen LogP contribution in [0.4, 0.5) is 0 Å². The quantitative estimate of drug-likeness (QED) is 0.214. The minimum absolute atomic E-state index is 0.360. The van der Waals surface area contributed by atoms with E-state index in [4.69, 9.17) is 29.8 Å². The molecule has 0 rings (SSSR count). The van der Waals surface area contributed by atoms with Crippen LogP contribution in [0.2, 0.25) is 0 Å². The van der Waals surface area contributed by atoms with Gasteiger partial charge < -0.3 is 34.9 Å². The van der Waals surface area contributed by atoms with Crippen LogP contribution in [0.3, 0.4) is 0 Å². The zero-order valence-electron chi connectivity index (χ0n) is 11.1. The van der Waals surface area contributed by atoms with Gasteiger partial charge in [0, 0.05) is 6.42 Å². The lowest BCUT2D eigenvalue weighted by molar-refractivity contribution is -0.141. The molecule has 0 aliphatic heterocycles. The second kappa shape index (κ2) is 7.62. The monoisotopic (exact) mass is 365 g/mol. The Morgan fingerprint density at radius 3 is 1.55 bits per heavy atom. The first-order valence-corrected chi connectivity index (χ1v) is 8.93. The van der Waals surface area contributed by atoms with Crippen molar-refractivity contribution in [2.75, 3.05) is 19.6 Å². The van der Waals surface area contributed by atoms with E-state index in [1.54, 1.807) is 0 Å². The molecule has 0 radical (unpaired) electrons. The maximum absolute atomic E-state index is 11.1. The maximum atomic E-state index is 11.1. The Morgan fingerprint density at radius 2 is 1.27 bits per heavy atom. The van der Waals surface area contributed by atoms with E-state index in [-0.39, 0.29) is 6.54 Å². The highest BCUT2D eigenvalue weighted by molar-refractivity contribution is 7.72. The highest BCUT2D eigenvalue weighted by atomic mass is 31.2. The van der Waals surface area contributed by atoms with Crippen molar-refractivity contribution in [1.82, 2.24) is 4.90 Å². The van der Waals surface area contributed by atoms with E-state index in [0.717, 1.165) is 4.90 Å². The van der Waals surface area contributed by atoms with Crippen LogP contribution in [-0.4, -0.2) is 76.4 Å². The molecule has 22 heavy (non-hydrogen) atoms. The Balaban J connectivity index is 4.93. The zero-order valence-corrected chi connectivity index (χ0v) is 12.9. The first-order chi connectivity index (χ1) is 9.70. The van der Waals surface area contributed by atoms with Crippen molar-refractivity contribution < 1.29 is 53.6 Å². The number of carbonyl (C=O) groups is 2. The summed E-state index contributed by atoms with van der Waals surface area (Å²) >= 11 is 0. The number of aliphatic hydroxyl groups is 1. The van der Waals surface area contributed by atoms with Gasteiger partial charge in [0.2, 0.25) is 0 Å². The van der Waals surface area contributed by atoms with Crippen LogP contribution in [0, 0.1) is 0 Å². The summed E-state index contributed by atoms with van der Waals surface area (Å²) in [5.41, 5.74) is 0. The fourth-order valence-electron chi connectivity index (χ4n) is 1.60. The van der Waals surface area contributed by atoms with Gasteiger partial charge >= 0.3 is 27.1 Å². The lowest BCUT2D eigenvalue weighted by Crippen LogP contribution is -2.36. The molecule has 130 valence electrons. The third kappa shape index (κ3) is 6.11. The smallest absolute Gasteiger partial charge is 0.369 e. The van der Waals surface area contributed by atoms with Gasteiger partial charge in [0.25, 0.3) is 5.08 Å². The molecule has 0 fully saturated rings. The van der Waals surface area contributed by atoms with Crippen molar-refractivity contribution >= 4 is 27.1 Å². The third-order valence-electron chi connectivity index (χ3n) is 2.64. The molecule has 14 heteroatoms. The number of aliphatic carboxylic acids is 2. The van der Waals surface area contributed by atoms with Crippen LogP contribution in [0.5, 0.6) is 0 Å². The van der Waals surface area contributed by atoms with Crippen LogP contribution >= 0.6 is 15.2 Å². The van der Waals surface area contributed by atoms with Crippen LogP contribution in [-0.2, 0) is 18.7 Å². The van der Waals surface area contributed by atoms with E-state index in [1.807, 2.05) is 0 Å². The molecular weight excluding hydrogens is 348 g/mol. The van der Waals surface area contributed by atoms with Gasteiger partial charge in [-0.2, -0.15) is 0 Å². The van der Waals surface area contributed by atoms with E-state index in [2.05, 4.69) is 0 Å². The Bertz CT molecular complexity index is 470. The van der Waals surface area contributed by atoms with Crippen molar-refractivity contribution in [3.63, 3.8) is 0 Å². The molecule has 0 aromatic heterocycles. The molecule has 0 heterocycles. The first kappa shape index (κ1) is 21.2. The summed E-state index contributed by atoms with van der Waals surface area (Å²) in [6, 6.07) is 0. The van der Waals surface area contributed by atoms with Gasteiger partial charge in [-0.25, -0.2) is 0 Å². The maximum Gasteiger partial charge on any atom is 0.369 e. The summed E-state index contributed by atoms with van der Waals surface area (Å²) in [6.45, 7) is -1.76. The molecule has 12 nitrogen and oxygen atoms in total.